The van der Waals surface area contributed by atoms with Crippen LogP contribution < -0.4 is 4.74 Å². The van der Waals surface area contributed by atoms with Crippen LogP contribution in [-0.4, -0.2) is 27.2 Å². The van der Waals surface area contributed by atoms with Crippen molar-refractivity contribution in [2.75, 3.05) is 7.11 Å². The fourth-order valence-electron chi connectivity index (χ4n) is 3.88. The summed E-state index contributed by atoms with van der Waals surface area (Å²) in [7, 11) is 1.68. The van der Waals surface area contributed by atoms with Crippen LogP contribution in [0.25, 0.3) is 45.3 Å². The third-order valence-corrected chi connectivity index (χ3v) is 5.39. The number of hydrogen-bond acceptors (Lipinski definition) is 5. The van der Waals surface area contributed by atoms with Gasteiger partial charge in [-0.1, -0.05) is 35.5 Å². The fraction of sp³-hybridized carbons (Fsp3) is 0.160. The van der Waals surface area contributed by atoms with Crippen LogP contribution >= 0.6 is 0 Å². The van der Waals surface area contributed by atoms with Gasteiger partial charge in [0.2, 0.25) is 5.82 Å². The first-order valence-electron chi connectivity index (χ1n) is 10.1. The molecule has 0 aliphatic rings. The van der Waals surface area contributed by atoms with E-state index < -0.39 is 0 Å². The lowest BCUT2D eigenvalue weighted by molar-refractivity contribution is 0.408. The van der Waals surface area contributed by atoms with E-state index in [0.29, 0.717) is 11.7 Å². The number of methoxy groups -OCH3 is 1. The summed E-state index contributed by atoms with van der Waals surface area (Å²) in [5.74, 6) is 2.75. The maximum atomic E-state index is 5.53. The number of aryl methyl sites for hydroxylation is 3. The van der Waals surface area contributed by atoms with E-state index >= 15 is 0 Å². The number of nitrogens with one attached hydrogen (secondary N) is 1. The van der Waals surface area contributed by atoms with Gasteiger partial charge in [-0.3, -0.25) is 0 Å². The largest absolute Gasteiger partial charge is 0.496 e. The van der Waals surface area contributed by atoms with Crippen molar-refractivity contribution >= 4 is 11.0 Å². The SMILES string of the molecule is COc1c(C)cc(-c2nc(-c3ccc(-c4nc5cc(C)ccc5[nH]4)cc3)no2)cc1C. The number of aromatic amines is 1. The van der Waals surface area contributed by atoms with Gasteiger partial charge < -0.3 is 14.2 Å². The smallest absolute Gasteiger partial charge is 0.258 e. The maximum Gasteiger partial charge on any atom is 0.258 e. The molecule has 0 aliphatic heterocycles. The lowest BCUT2D eigenvalue weighted by Crippen LogP contribution is -1.92. The Morgan fingerprint density at radius 3 is 2.23 bits per heavy atom. The minimum atomic E-state index is 0.487. The summed E-state index contributed by atoms with van der Waals surface area (Å²) in [4.78, 5) is 12.7. The van der Waals surface area contributed by atoms with E-state index in [1.807, 2.05) is 50.2 Å². The summed E-state index contributed by atoms with van der Waals surface area (Å²) in [5.41, 5.74) is 8.00. The van der Waals surface area contributed by atoms with Gasteiger partial charge in [-0.25, -0.2) is 4.98 Å². The van der Waals surface area contributed by atoms with Crippen LogP contribution in [0, 0.1) is 20.8 Å². The highest BCUT2D eigenvalue weighted by atomic mass is 16.5. The standard InChI is InChI=1S/C25H22N4O2/c1-14-5-10-20-21(11-14)27-23(26-20)17-6-8-18(9-7-17)24-28-25(31-29-24)19-12-15(2)22(30-4)16(3)13-19/h5-13H,1-4H3,(H,26,27). The molecule has 5 rings (SSSR count). The topological polar surface area (TPSA) is 76.8 Å². The zero-order chi connectivity index (χ0) is 21.5. The van der Waals surface area contributed by atoms with Crippen LogP contribution in [0.4, 0.5) is 0 Å². The first-order valence-corrected chi connectivity index (χ1v) is 10.1. The number of H-pyrrole nitrogens is 1. The Labute approximate surface area is 179 Å². The Kier molecular flexibility index (Phi) is 4.55. The van der Waals surface area contributed by atoms with Crippen molar-refractivity contribution in [2.24, 2.45) is 0 Å². The Balaban J connectivity index is 1.43. The molecule has 1 N–H and O–H groups in total. The van der Waals surface area contributed by atoms with E-state index in [0.717, 1.165) is 50.4 Å². The molecule has 3 aromatic carbocycles. The van der Waals surface area contributed by atoms with Crippen LogP contribution in [0.3, 0.4) is 0 Å². The molecule has 0 aliphatic carbocycles. The summed E-state index contributed by atoms with van der Waals surface area (Å²) in [6, 6.07) is 18.2. The van der Waals surface area contributed by atoms with E-state index in [2.05, 4.69) is 40.2 Å². The minimum absolute atomic E-state index is 0.487. The first kappa shape index (κ1) is 19.1. The molecule has 0 spiro atoms. The molecule has 0 atom stereocenters. The van der Waals surface area contributed by atoms with Crippen LogP contribution in [0.5, 0.6) is 5.75 Å². The second-order valence-corrected chi connectivity index (χ2v) is 7.75. The van der Waals surface area contributed by atoms with Gasteiger partial charge in [-0.15, -0.1) is 0 Å². The van der Waals surface area contributed by atoms with Crippen molar-refractivity contribution < 1.29 is 9.26 Å². The average Bonchev–Trinajstić information content (AvgIpc) is 3.41. The highest BCUT2D eigenvalue weighted by Gasteiger charge is 2.14. The summed E-state index contributed by atoms with van der Waals surface area (Å²) in [5, 5.41) is 4.17. The summed E-state index contributed by atoms with van der Waals surface area (Å²) in [6.45, 7) is 6.08. The van der Waals surface area contributed by atoms with Crippen molar-refractivity contribution in [2.45, 2.75) is 20.8 Å². The number of nitrogens with zero attached hydrogens (tertiary/aromatic N) is 3. The molecule has 0 bridgehead atoms. The van der Waals surface area contributed by atoms with Gasteiger partial charge in [0.05, 0.1) is 18.1 Å². The molecule has 0 saturated carbocycles. The van der Waals surface area contributed by atoms with Crippen molar-refractivity contribution in [1.82, 2.24) is 20.1 Å². The number of imidazole rings is 1. The van der Waals surface area contributed by atoms with Crippen molar-refractivity contribution in [3.05, 3.63) is 71.3 Å². The third-order valence-electron chi connectivity index (χ3n) is 5.39. The van der Waals surface area contributed by atoms with Crippen LogP contribution in [-0.2, 0) is 0 Å². The summed E-state index contributed by atoms with van der Waals surface area (Å²) in [6.07, 6.45) is 0. The zero-order valence-corrected chi connectivity index (χ0v) is 17.9. The molecule has 0 unspecified atom stereocenters. The van der Waals surface area contributed by atoms with E-state index in [1.54, 1.807) is 7.11 Å². The molecular formula is C25H22N4O2. The molecule has 0 fully saturated rings. The van der Waals surface area contributed by atoms with E-state index in [4.69, 9.17) is 14.2 Å². The number of ether oxygens (including phenoxy) is 1. The average molecular weight is 410 g/mol. The van der Waals surface area contributed by atoms with Crippen molar-refractivity contribution in [1.29, 1.82) is 0 Å². The zero-order valence-electron chi connectivity index (χ0n) is 17.9. The number of hydrogen-bond donors (Lipinski definition) is 1. The third kappa shape index (κ3) is 3.46. The lowest BCUT2D eigenvalue weighted by Gasteiger charge is -2.09. The minimum Gasteiger partial charge on any atom is -0.496 e. The number of rotatable bonds is 4. The second-order valence-electron chi connectivity index (χ2n) is 7.75. The maximum absolute atomic E-state index is 5.53. The van der Waals surface area contributed by atoms with Gasteiger partial charge in [0, 0.05) is 16.7 Å². The van der Waals surface area contributed by atoms with Crippen LogP contribution in [0.2, 0.25) is 0 Å². The molecule has 6 heteroatoms. The monoisotopic (exact) mass is 410 g/mol. The Bertz CT molecular complexity index is 1370. The Morgan fingerprint density at radius 2 is 1.52 bits per heavy atom. The van der Waals surface area contributed by atoms with Gasteiger partial charge in [-0.05, 0) is 61.7 Å². The van der Waals surface area contributed by atoms with E-state index in [-0.39, 0.29) is 0 Å². The van der Waals surface area contributed by atoms with Gasteiger partial charge >= 0.3 is 0 Å². The molecule has 154 valence electrons. The first-order chi connectivity index (χ1) is 15.0. The quantitative estimate of drug-likeness (QED) is 0.400. The van der Waals surface area contributed by atoms with E-state index in [9.17, 15) is 0 Å². The van der Waals surface area contributed by atoms with Crippen molar-refractivity contribution in [3.8, 4) is 40.0 Å². The number of fused-ring (bicyclic) bond motifs is 1. The molecule has 2 heterocycles. The fourth-order valence-corrected chi connectivity index (χ4v) is 3.88. The highest BCUT2D eigenvalue weighted by Crippen LogP contribution is 2.30. The molecule has 0 radical (unpaired) electrons. The molecule has 2 aromatic heterocycles. The van der Waals surface area contributed by atoms with Gasteiger partial charge in [0.25, 0.3) is 5.89 Å². The number of aromatic nitrogens is 4. The molecule has 31 heavy (non-hydrogen) atoms. The van der Waals surface area contributed by atoms with Crippen LogP contribution in [0.15, 0.2) is 59.1 Å². The summed E-state index contributed by atoms with van der Waals surface area (Å²) >= 11 is 0. The normalized spacial score (nSPS) is 11.2. The Morgan fingerprint density at radius 1 is 0.806 bits per heavy atom. The van der Waals surface area contributed by atoms with Gasteiger partial charge in [0.15, 0.2) is 0 Å². The van der Waals surface area contributed by atoms with Gasteiger partial charge in [0.1, 0.15) is 11.6 Å². The molecular weight excluding hydrogens is 388 g/mol. The summed E-state index contributed by atoms with van der Waals surface area (Å²) < 4.78 is 11.0. The Hall–Kier alpha value is -3.93. The van der Waals surface area contributed by atoms with E-state index in [1.165, 1.54) is 5.56 Å². The van der Waals surface area contributed by atoms with Gasteiger partial charge in [-0.2, -0.15) is 4.98 Å². The predicted octanol–water partition coefficient (Wildman–Crippen LogP) is 5.88. The lowest BCUT2D eigenvalue weighted by atomic mass is 10.1. The van der Waals surface area contributed by atoms with Crippen molar-refractivity contribution in [3.63, 3.8) is 0 Å². The highest BCUT2D eigenvalue weighted by molar-refractivity contribution is 5.80. The molecule has 0 saturated heterocycles. The molecule has 5 aromatic rings. The number of benzene rings is 3. The van der Waals surface area contributed by atoms with Crippen LogP contribution in [0.1, 0.15) is 16.7 Å². The predicted molar refractivity (Wildman–Crippen MR) is 121 cm³/mol. The second kappa shape index (κ2) is 7.40. The molecule has 6 nitrogen and oxygen atoms in total. The molecule has 0 amide bonds.